The van der Waals surface area contributed by atoms with E-state index in [0.29, 0.717) is 12.3 Å². The Bertz CT molecular complexity index is 979. The Hall–Kier alpha value is -3.09. The largest absolute Gasteiger partial charge is 0.472 e. The van der Waals surface area contributed by atoms with Crippen LogP contribution < -0.4 is 4.74 Å². The van der Waals surface area contributed by atoms with Crippen LogP contribution in [0.3, 0.4) is 0 Å². The van der Waals surface area contributed by atoms with Gasteiger partial charge >= 0.3 is 12.1 Å². The van der Waals surface area contributed by atoms with E-state index in [4.69, 9.17) is 14.2 Å². The molecule has 7 nitrogen and oxygen atoms in total. The number of ether oxygens (including phenoxy) is 3. The van der Waals surface area contributed by atoms with Crippen molar-refractivity contribution in [1.29, 1.82) is 0 Å². The molecule has 1 amide bonds. The second-order valence-electron chi connectivity index (χ2n) is 8.40. The van der Waals surface area contributed by atoms with Crippen LogP contribution in [0, 0.1) is 6.92 Å². The lowest BCUT2D eigenvalue weighted by molar-refractivity contribution is -0.145. The number of rotatable bonds is 4. The summed E-state index contributed by atoms with van der Waals surface area (Å²) in [7, 11) is 1.30. The quantitative estimate of drug-likeness (QED) is 0.703. The smallest absolute Gasteiger partial charge is 0.411 e. The van der Waals surface area contributed by atoms with E-state index in [1.54, 1.807) is 33.0 Å². The van der Waals surface area contributed by atoms with E-state index in [2.05, 4.69) is 17.6 Å². The van der Waals surface area contributed by atoms with Gasteiger partial charge in [0.05, 0.1) is 13.7 Å². The number of nitrogens with zero attached hydrogens (tertiary/aromatic N) is 2. The van der Waals surface area contributed by atoms with Crippen molar-refractivity contribution in [2.24, 2.45) is 0 Å². The zero-order chi connectivity index (χ0) is 22.1. The Labute approximate surface area is 176 Å². The van der Waals surface area contributed by atoms with Gasteiger partial charge in [-0.05, 0) is 56.3 Å². The Morgan fingerprint density at radius 3 is 2.67 bits per heavy atom. The first kappa shape index (κ1) is 21.6. The number of pyridine rings is 1. The van der Waals surface area contributed by atoms with Crippen LogP contribution in [-0.4, -0.2) is 53.3 Å². The first-order valence-corrected chi connectivity index (χ1v) is 9.89. The molecular weight excluding hydrogens is 384 g/mol. The summed E-state index contributed by atoms with van der Waals surface area (Å²) < 4.78 is 16.5. The third-order valence-corrected chi connectivity index (χ3v) is 4.98. The Morgan fingerprint density at radius 1 is 1.30 bits per heavy atom. The summed E-state index contributed by atoms with van der Waals surface area (Å²) in [5.74, 6) is -0.0438. The van der Waals surface area contributed by atoms with Crippen molar-refractivity contribution in [2.75, 3.05) is 13.7 Å². The zero-order valence-corrected chi connectivity index (χ0v) is 18.1. The summed E-state index contributed by atoms with van der Waals surface area (Å²) in [6.45, 7) is 11.4. The van der Waals surface area contributed by atoms with Gasteiger partial charge in [-0.25, -0.2) is 14.6 Å². The van der Waals surface area contributed by atoms with Crippen LogP contribution in [0.2, 0.25) is 0 Å². The minimum Gasteiger partial charge on any atom is -0.472 e. The van der Waals surface area contributed by atoms with E-state index >= 15 is 0 Å². The number of carbonyl (C=O) groups excluding carboxylic acids is 2. The van der Waals surface area contributed by atoms with E-state index in [-0.39, 0.29) is 6.54 Å². The molecule has 160 valence electrons. The normalized spacial score (nSPS) is 18.9. The highest BCUT2D eigenvalue weighted by atomic mass is 16.6. The summed E-state index contributed by atoms with van der Waals surface area (Å²) in [6, 6.07) is 5.19. The monoisotopic (exact) mass is 412 g/mol. The van der Waals surface area contributed by atoms with Crippen LogP contribution in [0.5, 0.6) is 5.88 Å². The highest BCUT2D eigenvalue weighted by Gasteiger charge is 2.43. The average molecular weight is 412 g/mol. The van der Waals surface area contributed by atoms with Gasteiger partial charge in [0.15, 0.2) is 0 Å². The SMILES string of the molecule is C=Cc1cc2c(O[C@@H]3C[C@@H](C(=O)OC)N(C(=O)OC(C)(C)C)C3)nccc2cc1C. The molecule has 0 saturated carbocycles. The fourth-order valence-electron chi connectivity index (χ4n) is 3.56. The topological polar surface area (TPSA) is 78.0 Å². The van der Waals surface area contributed by atoms with Crippen LogP contribution in [0.25, 0.3) is 16.8 Å². The number of methoxy groups -OCH3 is 1. The number of amides is 1. The van der Waals surface area contributed by atoms with Gasteiger partial charge in [0.2, 0.25) is 5.88 Å². The third kappa shape index (κ3) is 4.56. The number of fused-ring (bicyclic) bond motifs is 1. The second kappa shape index (κ2) is 8.34. The molecule has 0 unspecified atom stereocenters. The molecular formula is C23H28N2O5. The zero-order valence-electron chi connectivity index (χ0n) is 18.1. The van der Waals surface area contributed by atoms with Gasteiger partial charge in [0.1, 0.15) is 17.7 Å². The van der Waals surface area contributed by atoms with E-state index < -0.39 is 29.8 Å². The molecule has 1 aliphatic rings. The van der Waals surface area contributed by atoms with Crippen molar-refractivity contribution < 1.29 is 23.8 Å². The molecule has 0 bridgehead atoms. The summed E-state index contributed by atoms with van der Waals surface area (Å²) in [6.07, 6.45) is 2.78. The van der Waals surface area contributed by atoms with Crippen molar-refractivity contribution in [3.8, 4) is 5.88 Å². The minimum atomic E-state index is -0.768. The molecule has 1 saturated heterocycles. The fourth-order valence-corrected chi connectivity index (χ4v) is 3.56. The molecule has 0 radical (unpaired) electrons. The number of esters is 1. The maximum Gasteiger partial charge on any atom is 0.411 e. The number of likely N-dealkylation sites (tertiary alicyclic amines) is 1. The Morgan fingerprint density at radius 2 is 2.03 bits per heavy atom. The maximum atomic E-state index is 12.6. The molecule has 1 aromatic carbocycles. The number of aromatic nitrogens is 1. The van der Waals surface area contributed by atoms with Crippen LogP contribution in [-0.2, 0) is 14.3 Å². The molecule has 0 N–H and O–H groups in total. The van der Waals surface area contributed by atoms with Crippen LogP contribution in [0.4, 0.5) is 4.79 Å². The Balaban J connectivity index is 1.87. The molecule has 2 atom stereocenters. The number of benzene rings is 1. The molecule has 0 aliphatic carbocycles. The molecule has 30 heavy (non-hydrogen) atoms. The van der Waals surface area contributed by atoms with Crippen molar-refractivity contribution >= 4 is 28.9 Å². The molecule has 3 rings (SSSR count). The molecule has 2 aromatic rings. The number of hydrogen-bond acceptors (Lipinski definition) is 6. The van der Waals surface area contributed by atoms with Crippen LogP contribution >= 0.6 is 0 Å². The predicted molar refractivity (Wildman–Crippen MR) is 114 cm³/mol. The molecule has 1 aromatic heterocycles. The lowest BCUT2D eigenvalue weighted by atomic mass is 10.0. The fraction of sp³-hybridized carbons (Fsp3) is 0.435. The predicted octanol–water partition coefficient (Wildman–Crippen LogP) is 4.12. The molecule has 7 heteroatoms. The number of carbonyl (C=O) groups is 2. The number of aryl methyl sites for hydroxylation is 1. The average Bonchev–Trinajstić information content (AvgIpc) is 3.10. The van der Waals surface area contributed by atoms with Crippen molar-refractivity contribution in [3.63, 3.8) is 0 Å². The molecule has 1 fully saturated rings. The third-order valence-electron chi connectivity index (χ3n) is 4.98. The van der Waals surface area contributed by atoms with Crippen LogP contribution in [0.1, 0.15) is 38.3 Å². The van der Waals surface area contributed by atoms with Gasteiger partial charge in [0, 0.05) is 18.0 Å². The minimum absolute atomic E-state index is 0.201. The first-order chi connectivity index (χ1) is 14.1. The summed E-state index contributed by atoms with van der Waals surface area (Å²) in [5.41, 5.74) is 1.43. The van der Waals surface area contributed by atoms with E-state index in [0.717, 1.165) is 21.9 Å². The van der Waals surface area contributed by atoms with Crippen molar-refractivity contribution in [3.05, 3.63) is 42.1 Å². The maximum absolute atomic E-state index is 12.6. The summed E-state index contributed by atoms with van der Waals surface area (Å²) in [4.78, 5) is 30.7. The molecule has 1 aliphatic heterocycles. The van der Waals surface area contributed by atoms with E-state index in [1.165, 1.54) is 12.0 Å². The van der Waals surface area contributed by atoms with Gasteiger partial charge < -0.3 is 14.2 Å². The van der Waals surface area contributed by atoms with E-state index in [1.807, 2.05) is 19.1 Å². The molecule has 0 spiro atoms. The van der Waals surface area contributed by atoms with Gasteiger partial charge in [-0.3, -0.25) is 4.90 Å². The van der Waals surface area contributed by atoms with Crippen molar-refractivity contribution in [1.82, 2.24) is 9.88 Å². The van der Waals surface area contributed by atoms with Gasteiger partial charge in [-0.15, -0.1) is 0 Å². The second-order valence-corrected chi connectivity index (χ2v) is 8.40. The van der Waals surface area contributed by atoms with E-state index in [9.17, 15) is 9.59 Å². The highest BCUT2D eigenvalue weighted by molar-refractivity contribution is 5.89. The lowest BCUT2D eigenvalue weighted by Gasteiger charge is -2.27. The van der Waals surface area contributed by atoms with Gasteiger partial charge in [-0.1, -0.05) is 18.7 Å². The first-order valence-electron chi connectivity index (χ1n) is 9.89. The summed E-state index contributed by atoms with van der Waals surface area (Å²) >= 11 is 0. The number of hydrogen-bond donors (Lipinski definition) is 0. The van der Waals surface area contributed by atoms with Gasteiger partial charge in [-0.2, -0.15) is 0 Å². The van der Waals surface area contributed by atoms with Crippen molar-refractivity contribution in [2.45, 2.75) is 51.9 Å². The molecule has 2 heterocycles. The van der Waals surface area contributed by atoms with Crippen LogP contribution in [0.15, 0.2) is 31.0 Å². The summed E-state index contributed by atoms with van der Waals surface area (Å²) in [5, 5.41) is 1.85. The lowest BCUT2D eigenvalue weighted by Crippen LogP contribution is -2.44. The van der Waals surface area contributed by atoms with Gasteiger partial charge in [0.25, 0.3) is 0 Å². The highest BCUT2D eigenvalue weighted by Crippen LogP contribution is 2.31. The Kier molecular flexibility index (Phi) is 6.01. The standard InChI is InChI=1S/C23H28N2O5/c1-7-15-11-18-16(10-14(15)2)8-9-24-20(18)29-17-12-19(21(26)28-6)25(13-17)22(27)30-23(3,4)5/h7-11,17,19H,1,12-13H2,2-6H3/t17-,19+/m1/s1.